The van der Waals surface area contributed by atoms with Crippen molar-refractivity contribution in [2.75, 3.05) is 6.54 Å². The molecule has 1 heterocycles. The van der Waals surface area contributed by atoms with Gasteiger partial charge in [0.25, 0.3) is 0 Å². The molecule has 0 fully saturated rings. The Morgan fingerprint density at radius 2 is 2.13 bits per heavy atom. The second-order valence-corrected chi connectivity index (χ2v) is 5.29. The zero-order chi connectivity index (χ0) is 11.5. The van der Waals surface area contributed by atoms with Gasteiger partial charge in [0.1, 0.15) is 12.2 Å². The van der Waals surface area contributed by atoms with Crippen LogP contribution in [0, 0.1) is 5.41 Å². The lowest BCUT2D eigenvalue weighted by atomic mass is 9.92. The molecule has 0 aliphatic heterocycles. The molecule has 86 valence electrons. The summed E-state index contributed by atoms with van der Waals surface area (Å²) in [7, 11) is 1.97. The molecule has 4 nitrogen and oxygen atoms in total. The number of aryl methyl sites for hydroxylation is 1. The Bertz CT molecular complexity index is 298. The molecule has 0 aliphatic carbocycles. The number of rotatable bonds is 4. The van der Waals surface area contributed by atoms with Gasteiger partial charge in [0.05, 0.1) is 6.04 Å². The van der Waals surface area contributed by atoms with Gasteiger partial charge in [-0.15, -0.1) is 10.2 Å². The van der Waals surface area contributed by atoms with E-state index in [0.29, 0.717) is 5.41 Å². The van der Waals surface area contributed by atoms with Crippen LogP contribution in [0.25, 0.3) is 0 Å². The molecule has 0 bridgehead atoms. The van der Waals surface area contributed by atoms with E-state index < -0.39 is 0 Å². The van der Waals surface area contributed by atoms with Crippen LogP contribution in [0.4, 0.5) is 0 Å². The van der Waals surface area contributed by atoms with Crippen molar-refractivity contribution in [1.29, 1.82) is 0 Å². The molecule has 1 aromatic heterocycles. The smallest absolute Gasteiger partial charge is 0.149 e. The van der Waals surface area contributed by atoms with E-state index in [4.69, 9.17) is 0 Å². The Kier molecular flexibility index (Phi) is 3.85. The van der Waals surface area contributed by atoms with Gasteiger partial charge in [0.2, 0.25) is 0 Å². The van der Waals surface area contributed by atoms with E-state index in [-0.39, 0.29) is 6.04 Å². The molecule has 0 amide bonds. The first-order chi connectivity index (χ1) is 6.90. The van der Waals surface area contributed by atoms with Crippen LogP contribution >= 0.6 is 0 Å². The highest BCUT2D eigenvalue weighted by Crippen LogP contribution is 2.18. The van der Waals surface area contributed by atoms with Crippen LogP contribution in [-0.4, -0.2) is 21.3 Å². The fraction of sp³-hybridized carbons (Fsp3) is 0.818. The predicted molar refractivity (Wildman–Crippen MR) is 61.5 cm³/mol. The van der Waals surface area contributed by atoms with E-state index in [0.717, 1.165) is 18.8 Å². The van der Waals surface area contributed by atoms with Crippen LogP contribution < -0.4 is 5.32 Å². The first-order valence-corrected chi connectivity index (χ1v) is 5.47. The lowest BCUT2D eigenvalue weighted by Gasteiger charge is -2.20. The zero-order valence-electron chi connectivity index (χ0n) is 10.4. The Hall–Kier alpha value is -0.900. The van der Waals surface area contributed by atoms with Gasteiger partial charge in [-0.05, 0) is 25.3 Å². The highest BCUT2D eigenvalue weighted by atomic mass is 15.3. The van der Waals surface area contributed by atoms with Crippen LogP contribution in [0.2, 0.25) is 0 Å². The van der Waals surface area contributed by atoms with Crippen LogP contribution in [0.5, 0.6) is 0 Å². The molecule has 0 aliphatic rings. The average Bonchev–Trinajstić information content (AvgIpc) is 2.48. The summed E-state index contributed by atoms with van der Waals surface area (Å²) in [6, 6.07) is 0.264. The third-order valence-electron chi connectivity index (χ3n) is 2.46. The summed E-state index contributed by atoms with van der Waals surface area (Å²) < 4.78 is 1.95. The normalized spacial score (nSPS) is 14.2. The summed E-state index contributed by atoms with van der Waals surface area (Å²) in [6.07, 6.45) is 2.90. The zero-order valence-corrected chi connectivity index (χ0v) is 10.4. The molecule has 0 saturated heterocycles. The molecule has 1 atom stereocenters. The SMILES string of the molecule is CC(NCCC(C)(C)C)c1nncn1C. The Morgan fingerprint density at radius 3 is 2.60 bits per heavy atom. The lowest BCUT2D eigenvalue weighted by molar-refractivity contribution is 0.354. The van der Waals surface area contributed by atoms with Crippen molar-refractivity contribution in [1.82, 2.24) is 20.1 Å². The molecular weight excluding hydrogens is 188 g/mol. The molecule has 15 heavy (non-hydrogen) atoms. The topological polar surface area (TPSA) is 42.7 Å². The van der Waals surface area contributed by atoms with Crippen molar-refractivity contribution >= 4 is 0 Å². The average molecular weight is 210 g/mol. The molecule has 0 radical (unpaired) electrons. The first-order valence-electron chi connectivity index (χ1n) is 5.47. The number of nitrogens with zero attached hydrogens (tertiary/aromatic N) is 3. The van der Waals surface area contributed by atoms with E-state index in [1.807, 2.05) is 11.6 Å². The largest absolute Gasteiger partial charge is 0.319 e. The van der Waals surface area contributed by atoms with Crippen molar-refractivity contribution < 1.29 is 0 Å². The Labute approximate surface area is 92.1 Å². The second-order valence-electron chi connectivity index (χ2n) is 5.29. The molecule has 1 N–H and O–H groups in total. The van der Waals surface area contributed by atoms with E-state index >= 15 is 0 Å². The minimum atomic E-state index is 0.264. The van der Waals surface area contributed by atoms with Gasteiger partial charge in [-0.3, -0.25) is 0 Å². The third-order valence-corrected chi connectivity index (χ3v) is 2.46. The standard InChI is InChI=1S/C11H22N4/c1-9(10-14-13-8-15(10)5)12-7-6-11(2,3)4/h8-9,12H,6-7H2,1-5H3. The molecule has 4 heteroatoms. The fourth-order valence-electron chi connectivity index (χ4n) is 1.44. The first kappa shape index (κ1) is 12.2. The number of nitrogens with one attached hydrogen (secondary N) is 1. The molecule has 1 rings (SSSR count). The summed E-state index contributed by atoms with van der Waals surface area (Å²) in [4.78, 5) is 0. The van der Waals surface area contributed by atoms with Crippen molar-refractivity contribution in [3.63, 3.8) is 0 Å². The molecule has 0 saturated carbocycles. The summed E-state index contributed by atoms with van der Waals surface area (Å²) >= 11 is 0. The summed E-state index contributed by atoms with van der Waals surface area (Å²) in [5, 5.41) is 11.4. The van der Waals surface area contributed by atoms with Crippen LogP contribution in [0.3, 0.4) is 0 Å². The highest BCUT2D eigenvalue weighted by molar-refractivity contribution is 4.91. The van der Waals surface area contributed by atoms with Crippen molar-refractivity contribution in [2.24, 2.45) is 12.5 Å². The van der Waals surface area contributed by atoms with Gasteiger partial charge in [0.15, 0.2) is 0 Å². The monoisotopic (exact) mass is 210 g/mol. The maximum Gasteiger partial charge on any atom is 0.149 e. The van der Waals surface area contributed by atoms with Gasteiger partial charge < -0.3 is 9.88 Å². The summed E-state index contributed by atoms with van der Waals surface area (Å²) in [5.41, 5.74) is 0.382. The van der Waals surface area contributed by atoms with Gasteiger partial charge in [-0.2, -0.15) is 0 Å². The molecule has 0 spiro atoms. The van der Waals surface area contributed by atoms with Gasteiger partial charge in [0, 0.05) is 7.05 Å². The molecular formula is C11H22N4. The quantitative estimate of drug-likeness (QED) is 0.825. The third kappa shape index (κ3) is 4.00. The van der Waals surface area contributed by atoms with Gasteiger partial charge in [-0.25, -0.2) is 0 Å². The van der Waals surface area contributed by atoms with Crippen LogP contribution in [0.1, 0.15) is 46.0 Å². The fourth-order valence-corrected chi connectivity index (χ4v) is 1.44. The second kappa shape index (κ2) is 4.75. The van der Waals surface area contributed by atoms with Gasteiger partial charge >= 0.3 is 0 Å². The number of hydrogen-bond donors (Lipinski definition) is 1. The van der Waals surface area contributed by atoms with Crippen LogP contribution in [0.15, 0.2) is 6.33 Å². The summed E-state index contributed by atoms with van der Waals surface area (Å²) in [5.74, 6) is 0.990. The number of aromatic nitrogens is 3. The highest BCUT2D eigenvalue weighted by Gasteiger charge is 2.13. The minimum absolute atomic E-state index is 0.264. The van der Waals surface area contributed by atoms with E-state index in [2.05, 4.69) is 43.2 Å². The summed E-state index contributed by atoms with van der Waals surface area (Å²) in [6.45, 7) is 9.88. The van der Waals surface area contributed by atoms with Crippen LogP contribution in [-0.2, 0) is 7.05 Å². The molecule has 1 unspecified atom stereocenters. The predicted octanol–water partition coefficient (Wildman–Crippen LogP) is 1.90. The maximum atomic E-state index is 4.08. The minimum Gasteiger partial charge on any atom is -0.319 e. The van der Waals surface area contributed by atoms with Gasteiger partial charge in [-0.1, -0.05) is 20.8 Å². The van der Waals surface area contributed by atoms with E-state index in [1.165, 1.54) is 0 Å². The molecule has 1 aromatic rings. The Morgan fingerprint density at radius 1 is 1.47 bits per heavy atom. The Balaban J connectivity index is 2.37. The molecule has 0 aromatic carbocycles. The lowest BCUT2D eigenvalue weighted by Crippen LogP contribution is -2.25. The number of hydrogen-bond acceptors (Lipinski definition) is 3. The van der Waals surface area contributed by atoms with E-state index in [9.17, 15) is 0 Å². The van der Waals surface area contributed by atoms with Crippen molar-refractivity contribution in [3.8, 4) is 0 Å². The van der Waals surface area contributed by atoms with Crippen molar-refractivity contribution in [3.05, 3.63) is 12.2 Å². The van der Waals surface area contributed by atoms with Crippen molar-refractivity contribution in [2.45, 2.75) is 40.2 Å². The maximum absolute atomic E-state index is 4.08. The van der Waals surface area contributed by atoms with E-state index in [1.54, 1.807) is 6.33 Å².